The number of hydrogen-bond acceptors (Lipinski definition) is 6. The topological polar surface area (TPSA) is 123 Å². The molecular weight excluding hydrogens is 565 g/mol. The zero-order valence-corrected chi connectivity index (χ0v) is 25.3. The molecule has 3 rings (SSSR count). The van der Waals surface area contributed by atoms with Crippen LogP contribution in [0.5, 0.6) is 0 Å². The minimum atomic E-state index is -1.07. The number of hydrogen-bond donors (Lipinski definition) is 3. The summed E-state index contributed by atoms with van der Waals surface area (Å²) in [5, 5.41) is 8.54. The van der Waals surface area contributed by atoms with Crippen LogP contribution in [0.15, 0.2) is 48.5 Å². The fraction of sp³-hybridized carbons (Fsp3) is 0.484. The van der Waals surface area contributed by atoms with Crippen LogP contribution in [0.2, 0.25) is 5.02 Å². The highest BCUT2D eigenvalue weighted by atomic mass is 35.5. The summed E-state index contributed by atoms with van der Waals surface area (Å²) >= 11 is 6.25. The third-order valence-electron chi connectivity index (χ3n) is 7.42. The highest BCUT2D eigenvalue weighted by Crippen LogP contribution is 2.40. The molecule has 1 heterocycles. The fourth-order valence-corrected chi connectivity index (χ4v) is 5.27. The van der Waals surface area contributed by atoms with E-state index in [4.69, 9.17) is 21.1 Å². The average Bonchev–Trinajstić information content (AvgIpc) is 3.34. The fourth-order valence-electron chi connectivity index (χ4n) is 5.08. The minimum absolute atomic E-state index is 0.00552. The Hall–Kier alpha value is -3.66. The van der Waals surface area contributed by atoms with Crippen molar-refractivity contribution in [3.63, 3.8) is 0 Å². The average molecular weight is 604 g/mol. The van der Waals surface area contributed by atoms with Gasteiger partial charge in [-0.3, -0.25) is 9.59 Å². The number of amides is 3. The molecule has 1 aliphatic heterocycles. The van der Waals surface area contributed by atoms with Crippen LogP contribution < -0.4 is 16.0 Å². The Morgan fingerprint density at radius 1 is 1.10 bits per heavy atom. The summed E-state index contributed by atoms with van der Waals surface area (Å²) < 4.78 is 24.6. The van der Waals surface area contributed by atoms with Crippen LogP contribution in [0.4, 0.5) is 9.18 Å². The smallest absolute Gasteiger partial charge is 0.408 e. The van der Waals surface area contributed by atoms with Gasteiger partial charge in [0.25, 0.3) is 0 Å². The summed E-state index contributed by atoms with van der Waals surface area (Å²) in [7, 11) is 1.20. The highest BCUT2D eigenvalue weighted by molar-refractivity contribution is 6.30. The molecule has 2 aromatic carbocycles. The first-order chi connectivity index (χ1) is 19.8. The maximum Gasteiger partial charge on any atom is 0.408 e. The van der Waals surface area contributed by atoms with E-state index in [1.807, 2.05) is 33.8 Å². The van der Waals surface area contributed by atoms with Gasteiger partial charge in [0.2, 0.25) is 11.8 Å². The van der Waals surface area contributed by atoms with Gasteiger partial charge in [0.15, 0.2) is 0 Å². The van der Waals surface area contributed by atoms with E-state index in [9.17, 15) is 23.6 Å². The van der Waals surface area contributed by atoms with Crippen LogP contribution in [-0.4, -0.2) is 49.6 Å². The molecule has 42 heavy (non-hydrogen) atoms. The molecule has 0 saturated carbocycles. The molecule has 4 atom stereocenters. The second kappa shape index (κ2) is 14.5. The van der Waals surface area contributed by atoms with Gasteiger partial charge in [-0.05, 0) is 60.6 Å². The molecule has 0 radical (unpaired) electrons. The molecule has 0 aliphatic carbocycles. The van der Waals surface area contributed by atoms with Gasteiger partial charge in [-0.15, -0.1) is 0 Å². The van der Waals surface area contributed by atoms with E-state index in [0.29, 0.717) is 23.6 Å². The Bertz CT molecular complexity index is 1270. The molecule has 11 heteroatoms. The van der Waals surface area contributed by atoms with Crippen LogP contribution in [0, 0.1) is 17.7 Å². The number of benzene rings is 2. The van der Waals surface area contributed by atoms with Crippen LogP contribution in [-0.2, 0) is 29.3 Å². The van der Waals surface area contributed by atoms with Crippen molar-refractivity contribution in [3.05, 3.63) is 70.5 Å². The van der Waals surface area contributed by atoms with Crippen molar-refractivity contribution in [1.82, 2.24) is 16.0 Å². The molecule has 2 unspecified atom stereocenters. The molecule has 0 aromatic heterocycles. The number of carbonyl (C=O) groups is 4. The highest BCUT2D eigenvalue weighted by Gasteiger charge is 2.38. The van der Waals surface area contributed by atoms with Crippen LogP contribution in [0.3, 0.4) is 0 Å². The summed E-state index contributed by atoms with van der Waals surface area (Å²) in [6.45, 7) is 8.02. The number of halogens is 2. The summed E-state index contributed by atoms with van der Waals surface area (Å²) in [5.74, 6) is -2.37. The zero-order chi connectivity index (χ0) is 31.0. The van der Waals surface area contributed by atoms with E-state index >= 15 is 0 Å². The molecule has 9 nitrogen and oxygen atoms in total. The molecule has 1 fully saturated rings. The molecule has 2 aromatic rings. The summed E-state index contributed by atoms with van der Waals surface area (Å²) in [6, 6.07) is 10.7. The third kappa shape index (κ3) is 8.67. The second-order valence-electron chi connectivity index (χ2n) is 11.5. The maximum absolute atomic E-state index is 13.8. The summed E-state index contributed by atoms with van der Waals surface area (Å²) in [5.41, 5.74) is 0.515. The number of esters is 1. The van der Waals surface area contributed by atoms with Crippen LogP contribution >= 0.6 is 11.6 Å². The largest absolute Gasteiger partial charge is 0.467 e. The van der Waals surface area contributed by atoms with Gasteiger partial charge in [-0.1, -0.05) is 63.6 Å². The minimum Gasteiger partial charge on any atom is -0.467 e. The first-order valence-corrected chi connectivity index (χ1v) is 14.3. The zero-order valence-electron chi connectivity index (χ0n) is 24.5. The van der Waals surface area contributed by atoms with Crippen molar-refractivity contribution in [1.29, 1.82) is 0 Å². The first kappa shape index (κ1) is 32.8. The van der Waals surface area contributed by atoms with Gasteiger partial charge in [0.1, 0.15) is 24.0 Å². The van der Waals surface area contributed by atoms with E-state index in [0.717, 1.165) is 5.56 Å². The molecule has 228 valence electrons. The van der Waals surface area contributed by atoms with E-state index in [-0.39, 0.29) is 24.7 Å². The lowest BCUT2D eigenvalue weighted by Gasteiger charge is -2.35. The number of methoxy groups -OCH3 is 1. The predicted octanol–water partition coefficient (Wildman–Crippen LogP) is 4.82. The molecular formula is C31H39ClFN3O6. The number of ether oxygens (including phenoxy) is 2. The molecule has 1 aliphatic rings. The normalized spacial score (nSPS) is 17.1. The lowest BCUT2D eigenvalue weighted by atomic mass is 9.76. The van der Waals surface area contributed by atoms with Crippen molar-refractivity contribution < 1.29 is 33.0 Å². The Labute approximate surface area is 250 Å². The molecule has 1 saturated heterocycles. The monoisotopic (exact) mass is 603 g/mol. The Balaban J connectivity index is 1.83. The third-order valence-corrected chi connectivity index (χ3v) is 7.66. The molecule has 0 spiro atoms. The second-order valence-corrected chi connectivity index (χ2v) is 11.9. The number of alkyl carbamates (subject to hydrolysis) is 1. The van der Waals surface area contributed by atoms with Gasteiger partial charge in [0.05, 0.1) is 7.11 Å². The Kier molecular flexibility index (Phi) is 11.3. The lowest BCUT2D eigenvalue weighted by Crippen LogP contribution is -2.53. The van der Waals surface area contributed by atoms with Crippen molar-refractivity contribution >= 4 is 35.5 Å². The van der Waals surface area contributed by atoms with Crippen LogP contribution in [0.1, 0.15) is 64.2 Å². The van der Waals surface area contributed by atoms with Gasteiger partial charge < -0.3 is 25.4 Å². The SMILES string of the molecule is COC(=O)[C@H](CC1CCNC1=O)NC(=O)[C@H](CC(C)C)NC(=O)OC(c1ccc(F)cc1)C(C)(C)c1cccc(Cl)c1. The van der Waals surface area contributed by atoms with E-state index < -0.39 is 53.3 Å². The van der Waals surface area contributed by atoms with E-state index in [1.54, 1.807) is 18.2 Å². The van der Waals surface area contributed by atoms with Crippen molar-refractivity contribution in [3.8, 4) is 0 Å². The van der Waals surface area contributed by atoms with Gasteiger partial charge >= 0.3 is 12.1 Å². The van der Waals surface area contributed by atoms with Crippen LogP contribution in [0.25, 0.3) is 0 Å². The number of rotatable bonds is 12. The lowest BCUT2D eigenvalue weighted by molar-refractivity contribution is -0.146. The Morgan fingerprint density at radius 2 is 1.79 bits per heavy atom. The molecule has 3 amide bonds. The molecule has 3 N–H and O–H groups in total. The van der Waals surface area contributed by atoms with E-state index in [1.165, 1.54) is 31.4 Å². The van der Waals surface area contributed by atoms with Crippen molar-refractivity contribution in [2.75, 3.05) is 13.7 Å². The van der Waals surface area contributed by atoms with E-state index in [2.05, 4.69) is 16.0 Å². The first-order valence-electron chi connectivity index (χ1n) is 14.0. The summed E-state index contributed by atoms with van der Waals surface area (Å²) in [4.78, 5) is 51.4. The number of carbonyl (C=O) groups excluding carboxylic acids is 4. The van der Waals surface area contributed by atoms with Crippen molar-refractivity contribution in [2.24, 2.45) is 11.8 Å². The van der Waals surface area contributed by atoms with Crippen molar-refractivity contribution in [2.45, 2.75) is 70.6 Å². The van der Waals surface area contributed by atoms with Gasteiger partial charge in [0, 0.05) is 22.9 Å². The maximum atomic E-state index is 13.8. The number of nitrogens with one attached hydrogen (secondary N) is 3. The summed E-state index contributed by atoms with van der Waals surface area (Å²) in [6.07, 6.45) is -0.899. The Morgan fingerprint density at radius 3 is 2.36 bits per heavy atom. The standard InChI is InChI=1S/C31H39ClFN3O6/c1-18(2)15-24(28(38)35-25(29(39)41-5)16-20-13-14-34-27(20)37)36-30(40)42-26(19-9-11-23(33)12-10-19)31(3,4)21-7-6-8-22(32)17-21/h6-12,17-18,20,24-26H,13-16H2,1-5H3,(H,34,37)(H,35,38)(H,36,40)/t20?,24-,25-,26?/m0/s1. The quantitative estimate of drug-likeness (QED) is 0.299. The predicted molar refractivity (Wildman–Crippen MR) is 156 cm³/mol. The van der Waals surface area contributed by atoms with Gasteiger partial charge in [-0.25, -0.2) is 14.0 Å². The van der Waals surface area contributed by atoms with Gasteiger partial charge in [-0.2, -0.15) is 0 Å². The molecule has 0 bridgehead atoms.